The van der Waals surface area contributed by atoms with Gasteiger partial charge >= 0.3 is 0 Å². The fraction of sp³-hybridized carbons (Fsp3) is 0.333. The van der Waals surface area contributed by atoms with E-state index < -0.39 is 5.76 Å². The van der Waals surface area contributed by atoms with Gasteiger partial charge in [0.2, 0.25) is 0 Å². The molecule has 0 fully saturated rings. The smallest absolute Gasteiger partial charge is 0.288 e. The number of anilines is 1. The van der Waals surface area contributed by atoms with E-state index in [-0.39, 0.29) is 5.92 Å². The van der Waals surface area contributed by atoms with Crippen molar-refractivity contribution in [3.05, 3.63) is 35.7 Å². The Kier molecular flexibility index (Phi) is 4.77. The number of alkyl halides is 2. The molecule has 0 saturated carbocycles. The van der Waals surface area contributed by atoms with Crippen LogP contribution in [0.5, 0.6) is 0 Å². The van der Waals surface area contributed by atoms with Crippen LogP contribution in [-0.2, 0) is 0 Å². The molecular weight excluding hydrogens is 292 g/mol. The first kappa shape index (κ1) is 15.7. The second-order valence-electron chi connectivity index (χ2n) is 5.00. The van der Waals surface area contributed by atoms with E-state index in [1.165, 1.54) is 0 Å². The Labute approximate surface area is 127 Å². The minimum absolute atomic E-state index is 0.167. The molecule has 0 aliphatic rings. The number of aromatic nitrogens is 2. The Balaban J connectivity index is 2.41. The predicted octanol–water partition coefficient (Wildman–Crippen LogP) is 4.47. The number of halogens is 2. The molecule has 0 bridgehead atoms. The van der Waals surface area contributed by atoms with Crippen LogP contribution in [0.1, 0.15) is 31.2 Å². The van der Waals surface area contributed by atoms with Gasteiger partial charge < -0.3 is 5.73 Å². The van der Waals surface area contributed by atoms with Crippen molar-refractivity contribution in [2.45, 2.75) is 37.3 Å². The molecule has 21 heavy (non-hydrogen) atoms. The molecule has 0 atom stereocenters. The number of nitrogens with two attached hydrogens (primary N) is 1. The van der Waals surface area contributed by atoms with Crippen LogP contribution < -0.4 is 5.73 Å². The molecule has 0 aliphatic heterocycles. The second-order valence-corrected chi connectivity index (χ2v) is 6.06. The van der Waals surface area contributed by atoms with Gasteiger partial charge in [-0.25, -0.2) is 9.97 Å². The molecule has 2 N–H and O–H groups in total. The van der Waals surface area contributed by atoms with Gasteiger partial charge in [-0.1, -0.05) is 37.7 Å². The van der Waals surface area contributed by atoms with Crippen molar-refractivity contribution in [1.29, 1.82) is 0 Å². The van der Waals surface area contributed by atoms with Gasteiger partial charge in [0.25, 0.3) is 5.76 Å². The van der Waals surface area contributed by atoms with Crippen molar-refractivity contribution in [3.63, 3.8) is 0 Å². The van der Waals surface area contributed by atoms with E-state index in [4.69, 9.17) is 5.73 Å². The normalized spacial score (nSPS) is 11.4. The molecule has 1 heterocycles. The first-order valence-corrected chi connectivity index (χ1v) is 7.45. The van der Waals surface area contributed by atoms with E-state index in [0.29, 0.717) is 28.3 Å². The maximum absolute atomic E-state index is 12.3. The summed E-state index contributed by atoms with van der Waals surface area (Å²) in [6.45, 7) is 5.85. The average molecular weight is 309 g/mol. The molecule has 112 valence electrons. The van der Waals surface area contributed by atoms with Crippen molar-refractivity contribution in [2.75, 3.05) is 5.73 Å². The van der Waals surface area contributed by atoms with E-state index in [1.807, 2.05) is 20.8 Å². The first-order chi connectivity index (χ1) is 9.88. The Morgan fingerprint density at radius 3 is 2.24 bits per heavy atom. The van der Waals surface area contributed by atoms with Gasteiger partial charge in [-0.3, -0.25) is 0 Å². The number of nitrogen functional groups attached to an aromatic ring is 1. The number of nitrogens with zero attached hydrogens (tertiary/aromatic N) is 2. The Morgan fingerprint density at radius 2 is 1.71 bits per heavy atom. The van der Waals surface area contributed by atoms with E-state index in [2.05, 4.69) is 9.97 Å². The molecule has 0 spiro atoms. The van der Waals surface area contributed by atoms with Gasteiger partial charge in [-0.15, -0.1) is 0 Å². The lowest BCUT2D eigenvalue weighted by Crippen LogP contribution is -2.06. The summed E-state index contributed by atoms with van der Waals surface area (Å²) in [5, 5.41) is 0. The zero-order valence-corrected chi connectivity index (χ0v) is 12.9. The van der Waals surface area contributed by atoms with Crippen LogP contribution in [0, 0.1) is 6.92 Å². The van der Waals surface area contributed by atoms with Crippen LogP contribution in [0.25, 0.3) is 11.3 Å². The third-order valence-corrected chi connectivity index (χ3v) is 3.79. The van der Waals surface area contributed by atoms with Crippen molar-refractivity contribution in [1.82, 2.24) is 9.97 Å². The van der Waals surface area contributed by atoms with E-state index >= 15 is 0 Å². The summed E-state index contributed by atoms with van der Waals surface area (Å²) in [7, 11) is 0. The summed E-state index contributed by atoms with van der Waals surface area (Å²) in [5.41, 5.74) is 8.34. The molecular formula is C15H17F2N3S. The van der Waals surface area contributed by atoms with Crippen LogP contribution in [-0.4, -0.2) is 15.7 Å². The van der Waals surface area contributed by atoms with Gasteiger partial charge in [0.05, 0.1) is 5.69 Å². The number of benzene rings is 1. The highest BCUT2D eigenvalue weighted by Gasteiger charge is 2.13. The van der Waals surface area contributed by atoms with Crippen LogP contribution >= 0.6 is 11.8 Å². The molecule has 2 rings (SSSR count). The summed E-state index contributed by atoms with van der Waals surface area (Å²) in [4.78, 5) is 9.35. The van der Waals surface area contributed by atoms with Crippen LogP contribution in [0.15, 0.2) is 29.2 Å². The number of hydrogen-bond donors (Lipinski definition) is 1. The third-order valence-electron chi connectivity index (χ3n) is 3.07. The highest BCUT2D eigenvalue weighted by Crippen LogP contribution is 2.30. The SMILES string of the molecule is Cc1c(N)nc(C(C)C)nc1-c1ccc(SC(F)F)cc1. The minimum Gasteiger partial charge on any atom is -0.383 e. The predicted molar refractivity (Wildman–Crippen MR) is 82.6 cm³/mol. The third kappa shape index (κ3) is 3.69. The molecule has 3 nitrogen and oxygen atoms in total. The molecule has 0 radical (unpaired) electrons. The molecule has 0 aliphatic carbocycles. The topological polar surface area (TPSA) is 51.8 Å². The largest absolute Gasteiger partial charge is 0.383 e. The lowest BCUT2D eigenvalue weighted by atomic mass is 10.1. The summed E-state index contributed by atoms with van der Waals surface area (Å²) in [5.74, 6) is -1.12. The first-order valence-electron chi connectivity index (χ1n) is 6.57. The lowest BCUT2D eigenvalue weighted by molar-refractivity contribution is 0.252. The van der Waals surface area contributed by atoms with E-state index in [9.17, 15) is 8.78 Å². The summed E-state index contributed by atoms with van der Waals surface area (Å²) in [6, 6.07) is 6.89. The van der Waals surface area contributed by atoms with Gasteiger partial charge in [-0.05, 0) is 19.1 Å². The molecule has 0 unspecified atom stereocenters. The summed E-state index contributed by atoms with van der Waals surface area (Å²) >= 11 is 0.527. The van der Waals surface area contributed by atoms with Crippen LogP contribution in [0.2, 0.25) is 0 Å². The highest BCUT2D eigenvalue weighted by atomic mass is 32.2. The molecule has 6 heteroatoms. The second kappa shape index (κ2) is 6.39. The Bertz CT molecular complexity index is 628. The molecule has 0 saturated heterocycles. The Morgan fingerprint density at radius 1 is 1.10 bits per heavy atom. The minimum atomic E-state index is -2.42. The zero-order valence-electron chi connectivity index (χ0n) is 12.1. The number of thioether (sulfide) groups is 1. The molecule has 1 aromatic heterocycles. The number of rotatable bonds is 4. The standard InChI is InChI=1S/C15H17F2N3S/c1-8(2)14-19-12(9(3)13(18)20-14)10-4-6-11(7-5-10)21-15(16)17/h4-8,15H,1-3H3,(H2,18,19,20). The average Bonchev–Trinajstić information content (AvgIpc) is 2.42. The summed E-state index contributed by atoms with van der Waals surface area (Å²) < 4.78 is 24.7. The monoisotopic (exact) mass is 309 g/mol. The lowest BCUT2D eigenvalue weighted by Gasteiger charge is -2.12. The van der Waals surface area contributed by atoms with Crippen LogP contribution in [0.3, 0.4) is 0 Å². The highest BCUT2D eigenvalue weighted by molar-refractivity contribution is 7.99. The van der Waals surface area contributed by atoms with E-state index in [0.717, 1.165) is 16.8 Å². The van der Waals surface area contributed by atoms with Crippen molar-refractivity contribution in [2.24, 2.45) is 0 Å². The van der Waals surface area contributed by atoms with Crippen molar-refractivity contribution >= 4 is 17.6 Å². The van der Waals surface area contributed by atoms with Gasteiger partial charge in [-0.2, -0.15) is 8.78 Å². The van der Waals surface area contributed by atoms with Gasteiger partial charge in [0.1, 0.15) is 11.6 Å². The maximum atomic E-state index is 12.3. The summed E-state index contributed by atoms with van der Waals surface area (Å²) in [6.07, 6.45) is 0. The van der Waals surface area contributed by atoms with Gasteiger partial charge in [0, 0.05) is 21.9 Å². The van der Waals surface area contributed by atoms with Crippen molar-refractivity contribution < 1.29 is 8.78 Å². The fourth-order valence-corrected chi connectivity index (χ4v) is 2.38. The fourth-order valence-electron chi connectivity index (χ4n) is 1.89. The maximum Gasteiger partial charge on any atom is 0.288 e. The molecule has 1 aromatic carbocycles. The van der Waals surface area contributed by atoms with Crippen LogP contribution in [0.4, 0.5) is 14.6 Å². The van der Waals surface area contributed by atoms with E-state index in [1.54, 1.807) is 24.3 Å². The number of hydrogen-bond acceptors (Lipinski definition) is 4. The quantitative estimate of drug-likeness (QED) is 0.846. The zero-order chi connectivity index (χ0) is 15.6. The molecule has 0 amide bonds. The Hall–Kier alpha value is -1.69. The van der Waals surface area contributed by atoms with Gasteiger partial charge in [0.15, 0.2) is 0 Å². The van der Waals surface area contributed by atoms with Crippen molar-refractivity contribution in [3.8, 4) is 11.3 Å². The molecule has 2 aromatic rings.